The summed E-state index contributed by atoms with van der Waals surface area (Å²) in [5.74, 6) is -3.57. The van der Waals surface area contributed by atoms with Gasteiger partial charge < -0.3 is 15.2 Å². The molecule has 0 amide bonds. The lowest BCUT2D eigenvalue weighted by atomic mass is 10.1. The first-order valence-electron chi connectivity index (χ1n) is 4.99. The number of rotatable bonds is 1. The standard InChI is InChI=1S/C7H9N3O2.C2HF3O2/c11-7(12)5-1-4-6(2-8-5)10-3-9-4;3-2(4,5)1(6)7/h3,5,8H,1-2H2,(H,9,10)(H,11,12);(H,6,7). The summed E-state index contributed by atoms with van der Waals surface area (Å²) in [6, 6.07) is -0.485. The molecule has 0 aromatic carbocycles. The second-order valence-electron chi connectivity index (χ2n) is 3.61. The Labute approximate surface area is 104 Å². The molecule has 0 aliphatic carbocycles. The first-order chi connectivity index (χ1) is 8.71. The lowest BCUT2D eigenvalue weighted by Crippen LogP contribution is -2.41. The molecule has 1 aromatic heterocycles. The Morgan fingerprint density at radius 1 is 1.37 bits per heavy atom. The van der Waals surface area contributed by atoms with Crippen LogP contribution in [-0.4, -0.2) is 44.3 Å². The number of carboxylic acids is 2. The lowest BCUT2D eigenvalue weighted by molar-refractivity contribution is -0.192. The SMILES string of the molecule is O=C(O)C(F)(F)F.O=C(O)C1Cc2nc[nH]c2CN1. The molecule has 0 spiro atoms. The highest BCUT2D eigenvalue weighted by atomic mass is 19.4. The van der Waals surface area contributed by atoms with Gasteiger partial charge in [-0.15, -0.1) is 0 Å². The van der Waals surface area contributed by atoms with Crippen molar-refractivity contribution in [3.05, 3.63) is 17.7 Å². The van der Waals surface area contributed by atoms with E-state index in [0.717, 1.165) is 11.4 Å². The lowest BCUT2D eigenvalue weighted by Gasteiger charge is -2.18. The molecule has 2 heterocycles. The van der Waals surface area contributed by atoms with Gasteiger partial charge in [0.15, 0.2) is 0 Å². The van der Waals surface area contributed by atoms with Crippen molar-refractivity contribution in [3.8, 4) is 0 Å². The summed E-state index contributed by atoms with van der Waals surface area (Å²) in [6.07, 6.45) is -3.02. The fraction of sp³-hybridized carbons (Fsp3) is 0.444. The Balaban J connectivity index is 0.000000224. The van der Waals surface area contributed by atoms with Crippen molar-refractivity contribution in [1.29, 1.82) is 0 Å². The number of carboxylic acid groups (broad SMARTS) is 2. The third-order valence-electron chi connectivity index (χ3n) is 2.27. The summed E-state index contributed by atoms with van der Waals surface area (Å²) in [4.78, 5) is 26.5. The van der Waals surface area contributed by atoms with Crippen molar-refractivity contribution in [2.24, 2.45) is 0 Å². The van der Waals surface area contributed by atoms with Crippen LogP contribution in [0.4, 0.5) is 13.2 Å². The molecule has 10 heteroatoms. The first kappa shape index (κ1) is 15.0. The van der Waals surface area contributed by atoms with E-state index in [1.165, 1.54) is 0 Å². The van der Waals surface area contributed by atoms with E-state index in [9.17, 15) is 18.0 Å². The normalized spacial score (nSPS) is 17.9. The molecule has 1 atom stereocenters. The van der Waals surface area contributed by atoms with E-state index in [-0.39, 0.29) is 0 Å². The number of hydrogen-bond donors (Lipinski definition) is 4. The van der Waals surface area contributed by atoms with Crippen molar-refractivity contribution in [1.82, 2.24) is 15.3 Å². The molecular weight excluding hydrogens is 271 g/mol. The molecule has 4 N–H and O–H groups in total. The van der Waals surface area contributed by atoms with E-state index in [4.69, 9.17) is 15.0 Å². The Kier molecular flexibility index (Phi) is 4.48. The highest BCUT2D eigenvalue weighted by Crippen LogP contribution is 2.13. The molecule has 106 valence electrons. The van der Waals surface area contributed by atoms with Crippen LogP contribution < -0.4 is 5.32 Å². The van der Waals surface area contributed by atoms with Crippen molar-refractivity contribution in [2.45, 2.75) is 25.2 Å². The van der Waals surface area contributed by atoms with Gasteiger partial charge in [0.1, 0.15) is 6.04 Å². The maximum Gasteiger partial charge on any atom is 0.490 e. The largest absolute Gasteiger partial charge is 0.490 e. The molecular formula is C9H10F3N3O4. The van der Waals surface area contributed by atoms with E-state index in [1.54, 1.807) is 6.33 Å². The zero-order chi connectivity index (χ0) is 14.6. The van der Waals surface area contributed by atoms with E-state index in [1.807, 2.05) is 0 Å². The Hall–Kier alpha value is -2.10. The average molecular weight is 281 g/mol. The molecule has 1 aromatic rings. The van der Waals surface area contributed by atoms with Gasteiger partial charge in [-0.25, -0.2) is 9.78 Å². The molecule has 0 fully saturated rings. The Bertz CT molecular complexity index is 472. The number of alkyl halides is 3. The van der Waals surface area contributed by atoms with Crippen LogP contribution >= 0.6 is 0 Å². The number of fused-ring (bicyclic) bond motifs is 1. The van der Waals surface area contributed by atoms with E-state index in [2.05, 4.69) is 15.3 Å². The molecule has 0 radical (unpaired) electrons. The van der Waals surface area contributed by atoms with Gasteiger partial charge in [-0.3, -0.25) is 10.1 Å². The smallest absolute Gasteiger partial charge is 0.480 e. The van der Waals surface area contributed by atoms with Gasteiger partial charge in [-0.05, 0) is 0 Å². The number of nitrogens with zero attached hydrogens (tertiary/aromatic N) is 1. The molecule has 2 rings (SSSR count). The second-order valence-corrected chi connectivity index (χ2v) is 3.61. The number of imidazole rings is 1. The number of aromatic amines is 1. The van der Waals surface area contributed by atoms with Gasteiger partial charge in [0.2, 0.25) is 0 Å². The highest BCUT2D eigenvalue weighted by molar-refractivity contribution is 5.74. The predicted octanol–water partition coefficient (Wildman–Crippen LogP) is 0.142. The topological polar surface area (TPSA) is 115 Å². The second kappa shape index (κ2) is 5.69. The Morgan fingerprint density at radius 2 is 1.95 bits per heavy atom. The van der Waals surface area contributed by atoms with Crippen LogP contribution in [0.2, 0.25) is 0 Å². The molecule has 7 nitrogen and oxygen atoms in total. The highest BCUT2D eigenvalue weighted by Gasteiger charge is 2.38. The zero-order valence-electron chi connectivity index (χ0n) is 9.36. The number of H-pyrrole nitrogens is 1. The van der Waals surface area contributed by atoms with Crippen molar-refractivity contribution < 1.29 is 33.0 Å². The summed E-state index contributed by atoms with van der Waals surface area (Å²) in [6.45, 7) is 0.562. The van der Waals surface area contributed by atoms with Crippen molar-refractivity contribution in [3.63, 3.8) is 0 Å². The number of halogens is 3. The molecule has 0 saturated heterocycles. The quantitative estimate of drug-likeness (QED) is 0.582. The van der Waals surface area contributed by atoms with Crippen LogP contribution in [0.5, 0.6) is 0 Å². The van der Waals surface area contributed by atoms with Crippen LogP contribution in [0.3, 0.4) is 0 Å². The Morgan fingerprint density at radius 3 is 2.42 bits per heavy atom. The van der Waals surface area contributed by atoms with Crippen LogP contribution in [0.25, 0.3) is 0 Å². The summed E-state index contributed by atoms with van der Waals surface area (Å²) in [5.41, 5.74) is 1.86. The molecule has 0 saturated carbocycles. The minimum atomic E-state index is -5.08. The maximum absolute atomic E-state index is 10.6. The summed E-state index contributed by atoms with van der Waals surface area (Å²) < 4.78 is 31.7. The number of nitrogens with one attached hydrogen (secondary N) is 2. The van der Waals surface area contributed by atoms with Crippen molar-refractivity contribution >= 4 is 11.9 Å². The number of carbonyl (C=O) groups is 2. The summed E-state index contributed by atoms with van der Waals surface area (Å²) in [5, 5.41) is 18.7. The third-order valence-corrected chi connectivity index (χ3v) is 2.27. The minimum absolute atomic E-state index is 0.466. The molecule has 1 aliphatic heterocycles. The fourth-order valence-corrected chi connectivity index (χ4v) is 1.34. The number of hydrogen-bond acceptors (Lipinski definition) is 4. The maximum atomic E-state index is 10.6. The molecule has 19 heavy (non-hydrogen) atoms. The molecule has 1 aliphatic rings. The van der Waals surface area contributed by atoms with Gasteiger partial charge in [-0.2, -0.15) is 13.2 Å². The molecule has 0 bridgehead atoms. The van der Waals surface area contributed by atoms with Crippen LogP contribution in [0.1, 0.15) is 11.4 Å². The van der Waals surface area contributed by atoms with E-state index >= 15 is 0 Å². The monoisotopic (exact) mass is 281 g/mol. The van der Waals surface area contributed by atoms with Gasteiger partial charge in [0, 0.05) is 13.0 Å². The van der Waals surface area contributed by atoms with Crippen LogP contribution in [-0.2, 0) is 22.6 Å². The number of aromatic nitrogens is 2. The predicted molar refractivity (Wildman–Crippen MR) is 54.2 cm³/mol. The van der Waals surface area contributed by atoms with Crippen LogP contribution in [0, 0.1) is 0 Å². The molecule has 1 unspecified atom stereocenters. The number of aliphatic carboxylic acids is 2. The van der Waals surface area contributed by atoms with Crippen LogP contribution in [0.15, 0.2) is 6.33 Å². The van der Waals surface area contributed by atoms with Gasteiger partial charge in [0.25, 0.3) is 0 Å². The minimum Gasteiger partial charge on any atom is -0.480 e. The van der Waals surface area contributed by atoms with E-state index in [0.29, 0.717) is 13.0 Å². The average Bonchev–Trinajstić information content (AvgIpc) is 2.74. The van der Waals surface area contributed by atoms with Crippen molar-refractivity contribution in [2.75, 3.05) is 0 Å². The van der Waals surface area contributed by atoms with Gasteiger partial charge >= 0.3 is 18.1 Å². The third kappa shape index (κ3) is 4.25. The first-order valence-corrected chi connectivity index (χ1v) is 4.99. The van der Waals surface area contributed by atoms with Gasteiger partial charge in [-0.1, -0.05) is 0 Å². The zero-order valence-corrected chi connectivity index (χ0v) is 9.36. The summed E-state index contributed by atoms with van der Waals surface area (Å²) in [7, 11) is 0. The van der Waals surface area contributed by atoms with E-state index < -0.39 is 24.2 Å². The fourth-order valence-electron chi connectivity index (χ4n) is 1.34. The summed E-state index contributed by atoms with van der Waals surface area (Å²) >= 11 is 0. The van der Waals surface area contributed by atoms with Gasteiger partial charge in [0.05, 0.1) is 17.7 Å².